The van der Waals surface area contributed by atoms with Gasteiger partial charge in [0.2, 0.25) is 0 Å². The molecule has 1 fully saturated rings. The summed E-state index contributed by atoms with van der Waals surface area (Å²) in [4.78, 5) is 2.66. The molecular weight excluding hydrogens is 254 g/mol. The van der Waals surface area contributed by atoms with Crippen molar-refractivity contribution in [1.29, 1.82) is 0 Å². The van der Waals surface area contributed by atoms with Crippen molar-refractivity contribution in [3.05, 3.63) is 35.4 Å². The monoisotopic (exact) mass is 287 g/mol. The van der Waals surface area contributed by atoms with Gasteiger partial charge < -0.3 is 4.90 Å². The molecule has 2 rings (SSSR count). The van der Waals surface area contributed by atoms with Gasteiger partial charge in [-0.25, -0.2) is 0 Å². The standard InChI is InChI=1S/C20H33N/c1-16(2)18(4)20-10-8-19(9-11-20)14-17(3)15-21-12-6-5-7-13-21/h8-11,16-18H,5-7,12-15H2,1-4H3. The highest BCUT2D eigenvalue weighted by Crippen LogP contribution is 2.24. The number of benzene rings is 1. The lowest BCUT2D eigenvalue weighted by Crippen LogP contribution is -2.34. The molecule has 0 aliphatic carbocycles. The normalized spacial score (nSPS) is 19.7. The zero-order chi connectivity index (χ0) is 15.2. The highest BCUT2D eigenvalue weighted by atomic mass is 15.1. The number of rotatable bonds is 6. The number of hydrogen-bond donors (Lipinski definition) is 0. The summed E-state index contributed by atoms with van der Waals surface area (Å²) in [5, 5.41) is 0. The second-order valence-corrected chi connectivity index (χ2v) is 7.44. The fraction of sp³-hybridized carbons (Fsp3) is 0.700. The molecule has 118 valence electrons. The van der Waals surface area contributed by atoms with Gasteiger partial charge in [-0.15, -0.1) is 0 Å². The number of likely N-dealkylation sites (tertiary alicyclic amines) is 1. The fourth-order valence-corrected chi connectivity index (χ4v) is 3.39. The number of hydrogen-bond acceptors (Lipinski definition) is 1. The fourth-order valence-electron chi connectivity index (χ4n) is 3.39. The van der Waals surface area contributed by atoms with Crippen LogP contribution in [0.25, 0.3) is 0 Å². The molecule has 1 nitrogen and oxygen atoms in total. The Balaban J connectivity index is 1.84. The Kier molecular flexibility index (Phi) is 6.29. The maximum Gasteiger partial charge on any atom is 0.00102 e. The van der Waals surface area contributed by atoms with Crippen LogP contribution in [-0.2, 0) is 6.42 Å². The van der Waals surface area contributed by atoms with Gasteiger partial charge >= 0.3 is 0 Å². The van der Waals surface area contributed by atoms with Crippen LogP contribution in [0.4, 0.5) is 0 Å². The summed E-state index contributed by atoms with van der Waals surface area (Å²) in [5.74, 6) is 2.13. The number of nitrogens with zero attached hydrogens (tertiary/aromatic N) is 1. The summed E-state index contributed by atoms with van der Waals surface area (Å²) in [6.45, 7) is 13.2. The molecule has 0 N–H and O–H groups in total. The molecule has 2 atom stereocenters. The van der Waals surface area contributed by atoms with Crippen LogP contribution in [0, 0.1) is 11.8 Å². The molecule has 1 aromatic carbocycles. The number of piperidine rings is 1. The van der Waals surface area contributed by atoms with Crippen molar-refractivity contribution in [1.82, 2.24) is 4.90 Å². The predicted octanol–water partition coefficient (Wildman–Crippen LogP) is 5.11. The first-order valence-electron chi connectivity index (χ1n) is 8.87. The third-order valence-electron chi connectivity index (χ3n) is 5.11. The van der Waals surface area contributed by atoms with Gasteiger partial charge in [0, 0.05) is 6.54 Å². The van der Waals surface area contributed by atoms with E-state index in [1.807, 2.05) is 0 Å². The molecule has 0 aromatic heterocycles. The minimum absolute atomic E-state index is 0.657. The van der Waals surface area contributed by atoms with Crippen molar-refractivity contribution in [3.8, 4) is 0 Å². The molecule has 0 saturated carbocycles. The van der Waals surface area contributed by atoms with Gasteiger partial charge in [-0.3, -0.25) is 0 Å². The summed E-state index contributed by atoms with van der Waals surface area (Å²) in [6.07, 6.45) is 5.44. The smallest absolute Gasteiger partial charge is 0.00102 e. The highest BCUT2D eigenvalue weighted by molar-refractivity contribution is 5.25. The lowest BCUT2D eigenvalue weighted by molar-refractivity contribution is 0.200. The lowest BCUT2D eigenvalue weighted by atomic mass is 9.89. The molecule has 1 heterocycles. The van der Waals surface area contributed by atoms with E-state index in [-0.39, 0.29) is 0 Å². The molecule has 1 saturated heterocycles. The summed E-state index contributed by atoms with van der Waals surface area (Å²) in [7, 11) is 0. The molecule has 0 amide bonds. The van der Waals surface area contributed by atoms with Crippen molar-refractivity contribution in [2.75, 3.05) is 19.6 Å². The van der Waals surface area contributed by atoms with Gasteiger partial charge in [-0.2, -0.15) is 0 Å². The zero-order valence-electron chi connectivity index (χ0n) is 14.4. The van der Waals surface area contributed by atoms with E-state index in [1.165, 1.54) is 56.4 Å². The summed E-state index contributed by atoms with van der Waals surface area (Å²) in [5.41, 5.74) is 2.98. The first-order chi connectivity index (χ1) is 10.1. The maximum absolute atomic E-state index is 2.66. The Hall–Kier alpha value is -0.820. The van der Waals surface area contributed by atoms with Gasteiger partial charge in [-0.1, -0.05) is 58.4 Å². The second kappa shape index (κ2) is 7.98. The van der Waals surface area contributed by atoms with Crippen LogP contribution in [-0.4, -0.2) is 24.5 Å². The largest absolute Gasteiger partial charge is 0.303 e. The van der Waals surface area contributed by atoms with Gasteiger partial charge in [0.05, 0.1) is 0 Å². The summed E-state index contributed by atoms with van der Waals surface area (Å²) < 4.78 is 0. The van der Waals surface area contributed by atoms with Crippen LogP contribution >= 0.6 is 0 Å². The zero-order valence-corrected chi connectivity index (χ0v) is 14.4. The minimum atomic E-state index is 0.657. The van der Waals surface area contributed by atoms with E-state index in [0.717, 1.165) is 5.92 Å². The lowest BCUT2D eigenvalue weighted by Gasteiger charge is -2.29. The average molecular weight is 287 g/mol. The van der Waals surface area contributed by atoms with Gasteiger partial charge in [0.25, 0.3) is 0 Å². The Morgan fingerprint density at radius 2 is 1.52 bits per heavy atom. The van der Waals surface area contributed by atoms with Crippen LogP contribution in [0.15, 0.2) is 24.3 Å². The molecule has 1 aromatic rings. The Morgan fingerprint density at radius 3 is 2.10 bits per heavy atom. The van der Waals surface area contributed by atoms with Crippen molar-refractivity contribution in [2.24, 2.45) is 11.8 Å². The SMILES string of the molecule is CC(Cc1ccc(C(C)C(C)C)cc1)CN1CCCCC1. The summed E-state index contributed by atoms with van der Waals surface area (Å²) >= 11 is 0. The molecule has 0 spiro atoms. The van der Waals surface area contributed by atoms with Gasteiger partial charge in [-0.05, 0) is 61.2 Å². The van der Waals surface area contributed by atoms with Crippen LogP contribution in [0.1, 0.15) is 64.0 Å². The molecule has 2 unspecified atom stereocenters. The van der Waals surface area contributed by atoms with Gasteiger partial charge in [0.15, 0.2) is 0 Å². The minimum Gasteiger partial charge on any atom is -0.303 e. The van der Waals surface area contributed by atoms with E-state index >= 15 is 0 Å². The second-order valence-electron chi connectivity index (χ2n) is 7.44. The van der Waals surface area contributed by atoms with Crippen LogP contribution < -0.4 is 0 Å². The summed E-state index contributed by atoms with van der Waals surface area (Å²) in [6, 6.07) is 9.38. The predicted molar refractivity (Wildman–Crippen MR) is 92.9 cm³/mol. The highest BCUT2D eigenvalue weighted by Gasteiger charge is 2.14. The van der Waals surface area contributed by atoms with E-state index in [1.54, 1.807) is 0 Å². The Bertz CT molecular complexity index is 400. The molecule has 0 bridgehead atoms. The van der Waals surface area contributed by atoms with Crippen LogP contribution in [0.5, 0.6) is 0 Å². The van der Waals surface area contributed by atoms with Crippen molar-refractivity contribution < 1.29 is 0 Å². The molecule has 21 heavy (non-hydrogen) atoms. The van der Waals surface area contributed by atoms with Crippen molar-refractivity contribution in [2.45, 2.75) is 59.3 Å². The van der Waals surface area contributed by atoms with E-state index < -0.39 is 0 Å². The van der Waals surface area contributed by atoms with E-state index in [9.17, 15) is 0 Å². The molecular formula is C20H33N. The Labute approximate surface area is 131 Å². The Morgan fingerprint density at radius 1 is 0.905 bits per heavy atom. The quantitative estimate of drug-likeness (QED) is 0.702. The molecule has 1 aliphatic heterocycles. The van der Waals surface area contributed by atoms with Crippen LogP contribution in [0.2, 0.25) is 0 Å². The third-order valence-corrected chi connectivity index (χ3v) is 5.11. The van der Waals surface area contributed by atoms with Gasteiger partial charge in [0.1, 0.15) is 0 Å². The van der Waals surface area contributed by atoms with Crippen molar-refractivity contribution in [3.63, 3.8) is 0 Å². The first-order valence-corrected chi connectivity index (χ1v) is 8.87. The third kappa shape index (κ3) is 5.14. The average Bonchev–Trinajstić information content (AvgIpc) is 2.48. The van der Waals surface area contributed by atoms with Crippen molar-refractivity contribution >= 4 is 0 Å². The molecule has 1 aliphatic rings. The van der Waals surface area contributed by atoms with E-state index in [0.29, 0.717) is 11.8 Å². The van der Waals surface area contributed by atoms with E-state index in [2.05, 4.69) is 56.9 Å². The first kappa shape index (κ1) is 16.5. The molecule has 0 radical (unpaired) electrons. The topological polar surface area (TPSA) is 3.24 Å². The van der Waals surface area contributed by atoms with E-state index in [4.69, 9.17) is 0 Å². The maximum atomic E-state index is 2.66. The van der Waals surface area contributed by atoms with Crippen LogP contribution in [0.3, 0.4) is 0 Å². The molecule has 1 heteroatoms.